The highest BCUT2D eigenvalue weighted by Gasteiger charge is 2.38. The molecule has 5 nitrogen and oxygen atoms in total. The molecule has 1 aliphatic rings. The summed E-state index contributed by atoms with van der Waals surface area (Å²) in [7, 11) is 0. The summed E-state index contributed by atoms with van der Waals surface area (Å²) in [4.78, 5) is 19.9. The fourth-order valence-electron chi connectivity index (χ4n) is 1.81. The second-order valence-corrected chi connectivity index (χ2v) is 4.56. The summed E-state index contributed by atoms with van der Waals surface area (Å²) in [6, 6.07) is 5.96. The zero-order valence-corrected chi connectivity index (χ0v) is 11.5. The molecule has 4 N–H and O–H groups in total. The molecule has 0 fully saturated rings. The third-order valence-electron chi connectivity index (χ3n) is 2.98. The van der Waals surface area contributed by atoms with Gasteiger partial charge in [0, 0.05) is 12.1 Å². The average molecular weight is 316 g/mol. The van der Waals surface area contributed by atoms with Crippen LogP contribution in [0.1, 0.15) is 16.7 Å². The quantitative estimate of drug-likeness (QED) is 0.720. The number of benzene rings is 1. The second-order valence-electron chi connectivity index (χ2n) is 4.56. The van der Waals surface area contributed by atoms with Gasteiger partial charge in [0.1, 0.15) is 0 Å². The van der Waals surface area contributed by atoms with Gasteiger partial charge in [-0.1, -0.05) is 18.7 Å². The van der Waals surface area contributed by atoms with Gasteiger partial charge in [-0.25, -0.2) is 4.79 Å². The molecule has 0 aromatic heterocycles. The number of carboxylic acid groups (broad SMARTS) is 1. The average Bonchev–Trinajstić information content (AvgIpc) is 2.45. The smallest absolute Gasteiger partial charge is 0.475 e. The van der Waals surface area contributed by atoms with Gasteiger partial charge in [0.15, 0.2) is 0 Å². The highest BCUT2D eigenvalue weighted by molar-refractivity contribution is 6.17. The summed E-state index contributed by atoms with van der Waals surface area (Å²) < 4.78 is 31.7. The summed E-state index contributed by atoms with van der Waals surface area (Å²) in [5, 5.41) is 10.4. The van der Waals surface area contributed by atoms with Gasteiger partial charge < -0.3 is 16.2 Å². The van der Waals surface area contributed by atoms with Crippen LogP contribution in [-0.2, 0) is 22.6 Å². The predicted octanol–water partition coefficient (Wildman–Crippen LogP) is 1.46. The minimum Gasteiger partial charge on any atom is -0.475 e. The number of fused-ring (bicyclic) bond motifs is 1. The van der Waals surface area contributed by atoms with Gasteiger partial charge in [0.2, 0.25) is 5.91 Å². The van der Waals surface area contributed by atoms with Gasteiger partial charge in [-0.3, -0.25) is 4.79 Å². The number of nitrogens with two attached hydrogens (primary N) is 1. The van der Waals surface area contributed by atoms with Crippen LogP contribution in [0, 0.1) is 0 Å². The molecule has 8 heteroatoms. The maximum atomic E-state index is 11.0. The lowest BCUT2D eigenvalue weighted by Gasteiger charge is -2.17. The molecule has 1 amide bonds. The number of carbonyl (C=O) groups excluding carboxylic acids is 1. The lowest BCUT2D eigenvalue weighted by Crippen LogP contribution is -2.23. The van der Waals surface area contributed by atoms with Gasteiger partial charge in [-0.05, 0) is 35.7 Å². The molecule has 1 aliphatic heterocycles. The topological polar surface area (TPSA) is 92.4 Å². The Kier molecular flexibility index (Phi) is 5.69. The van der Waals surface area contributed by atoms with Gasteiger partial charge >= 0.3 is 12.1 Å². The van der Waals surface area contributed by atoms with E-state index in [0.29, 0.717) is 5.57 Å². The summed E-state index contributed by atoms with van der Waals surface area (Å²) in [5.74, 6) is -3.22. The fourth-order valence-corrected chi connectivity index (χ4v) is 1.81. The lowest BCUT2D eigenvalue weighted by atomic mass is 9.96. The van der Waals surface area contributed by atoms with Crippen LogP contribution in [0.3, 0.4) is 0 Å². The molecule has 0 atom stereocenters. The van der Waals surface area contributed by atoms with E-state index in [2.05, 4.69) is 18.0 Å². The number of halogens is 3. The van der Waals surface area contributed by atoms with Crippen molar-refractivity contribution in [2.45, 2.75) is 19.1 Å². The first-order valence-corrected chi connectivity index (χ1v) is 6.24. The normalized spacial score (nSPS) is 13.4. The number of alkyl halides is 3. The molecule has 120 valence electrons. The largest absolute Gasteiger partial charge is 0.490 e. The fraction of sp³-hybridized carbons (Fsp3) is 0.286. The van der Waals surface area contributed by atoms with Crippen molar-refractivity contribution >= 4 is 17.4 Å². The van der Waals surface area contributed by atoms with E-state index in [-0.39, 0.29) is 0 Å². The van der Waals surface area contributed by atoms with Gasteiger partial charge in [-0.2, -0.15) is 13.2 Å². The van der Waals surface area contributed by atoms with E-state index in [9.17, 15) is 18.0 Å². The number of primary amides is 1. The zero-order valence-electron chi connectivity index (χ0n) is 11.5. The van der Waals surface area contributed by atoms with Crippen molar-refractivity contribution in [2.75, 3.05) is 6.54 Å². The Morgan fingerprint density at radius 2 is 1.86 bits per heavy atom. The molecule has 0 bridgehead atoms. The second kappa shape index (κ2) is 7.08. The Morgan fingerprint density at radius 3 is 2.36 bits per heavy atom. The number of hydrogen-bond acceptors (Lipinski definition) is 3. The number of rotatable bonds is 2. The van der Waals surface area contributed by atoms with Crippen LogP contribution in [0.4, 0.5) is 13.2 Å². The van der Waals surface area contributed by atoms with Crippen LogP contribution < -0.4 is 11.1 Å². The van der Waals surface area contributed by atoms with Gasteiger partial charge in [-0.15, -0.1) is 0 Å². The molecule has 1 aromatic carbocycles. The third-order valence-corrected chi connectivity index (χ3v) is 2.98. The van der Waals surface area contributed by atoms with Crippen molar-refractivity contribution in [3.05, 3.63) is 41.5 Å². The minimum atomic E-state index is -5.08. The van der Waals surface area contributed by atoms with E-state index >= 15 is 0 Å². The first-order valence-electron chi connectivity index (χ1n) is 6.24. The molecule has 1 aromatic rings. The SMILES string of the molecule is C=C(C(N)=O)c1ccc2c(c1)CNCC2.O=C(O)C(F)(F)F. The Morgan fingerprint density at radius 1 is 1.27 bits per heavy atom. The number of nitrogens with one attached hydrogen (secondary N) is 1. The van der Waals surface area contributed by atoms with Crippen molar-refractivity contribution in [1.29, 1.82) is 0 Å². The van der Waals surface area contributed by atoms with Crippen LogP contribution in [0.5, 0.6) is 0 Å². The van der Waals surface area contributed by atoms with E-state index in [1.165, 1.54) is 11.1 Å². The number of aliphatic carboxylic acids is 1. The molecule has 0 radical (unpaired) electrons. The summed E-state index contributed by atoms with van der Waals surface area (Å²) >= 11 is 0. The first kappa shape index (κ1) is 17.7. The van der Waals surface area contributed by atoms with Crippen LogP contribution in [0.15, 0.2) is 24.8 Å². The Bertz CT molecular complexity index is 597. The van der Waals surface area contributed by atoms with Gasteiger partial charge in [0.25, 0.3) is 0 Å². The molecule has 2 rings (SSSR count). The Labute approximate surface area is 124 Å². The van der Waals surface area contributed by atoms with Crippen LogP contribution in [0.2, 0.25) is 0 Å². The molecular formula is C14H15F3N2O3. The van der Waals surface area contributed by atoms with Crippen LogP contribution >= 0.6 is 0 Å². The van der Waals surface area contributed by atoms with Crippen LogP contribution in [0.25, 0.3) is 5.57 Å². The van der Waals surface area contributed by atoms with Crippen LogP contribution in [-0.4, -0.2) is 29.7 Å². The molecular weight excluding hydrogens is 301 g/mol. The monoisotopic (exact) mass is 316 g/mol. The van der Waals surface area contributed by atoms with E-state index < -0.39 is 18.1 Å². The van der Waals surface area contributed by atoms with E-state index in [1.807, 2.05) is 12.1 Å². The summed E-state index contributed by atoms with van der Waals surface area (Å²) in [6.07, 6.45) is -4.04. The van der Waals surface area contributed by atoms with Crippen molar-refractivity contribution in [1.82, 2.24) is 5.32 Å². The minimum absolute atomic E-state index is 0.378. The molecule has 0 saturated carbocycles. The molecule has 0 unspecified atom stereocenters. The lowest BCUT2D eigenvalue weighted by molar-refractivity contribution is -0.192. The predicted molar refractivity (Wildman–Crippen MR) is 73.8 cm³/mol. The van der Waals surface area contributed by atoms with E-state index in [0.717, 1.165) is 25.1 Å². The highest BCUT2D eigenvalue weighted by atomic mass is 19.4. The van der Waals surface area contributed by atoms with Crippen molar-refractivity contribution < 1.29 is 27.9 Å². The number of carboxylic acids is 1. The first-order chi connectivity index (χ1) is 10.1. The molecule has 0 spiro atoms. The van der Waals surface area contributed by atoms with Crippen molar-refractivity contribution in [3.8, 4) is 0 Å². The number of amides is 1. The molecule has 22 heavy (non-hydrogen) atoms. The Hall–Kier alpha value is -2.35. The maximum absolute atomic E-state index is 11.0. The zero-order chi connectivity index (χ0) is 16.9. The molecule has 0 saturated heterocycles. The molecule has 0 aliphatic carbocycles. The third kappa shape index (κ3) is 4.88. The highest BCUT2D eigenvalue weighted by Crippen LogP contribution is 2.20. The van der Waals surface area contributed by atoms with Gasteiger partial charge in [0.05, 0.1) is 0 Å². The van der Waals surface area contributed by atoms with Crippen molar-refractivity contribution in [2.24, 2.45) is 5.73 Å². The standard InChI is InChI=1S/C12H14N2O.C2HF3O2/c1-8(12(13)15)10-3-2-9-4-5-14-7-11(9)6-10;3-2(4,5)1(6)7/h2-3,6,14H,1,4-5,7H2,(H2,13,15);(H,6,7). The van der Waals surface area contributed by atoms with E-state index in [1.54, 1.807) is 0 Å². The van der Waals surface area contributed by atoms with Crippen molar-refractivity contribution in [3.63, 3.8) is 0 Å². The number of carbonyl (C=O) groups is 2. The Balaban J connectivity index is 0.000000295. The summed E-state index contributed by atoms with van der Waals surface area (Å²) in [6.45, 7) is 5.55. The maximum Gasteiger partial charge on any atom is 0.490 e. The summed E-state index contributed by atoms with van der Waals surface area (Å²) in [5.41, 5.74) is 8.97. The van der Waals surface area contributed by atoms with E-state index in [4.69, 9.17) is 15.6 Å². The molecule has 1 heterocycles. The number of hydrogen-bond donors (Lipinski definition) is 3.